The van der Waals surface area contributed by atoms with E-state index in [1.165, 1.54) is 5.56 Å². The summed E-state index contributed by atoms with van der Waals surface area (Å²) < 4.78 is 5.38. The van der Waals surface area contributed by atoms with Gasteiger partial charge in [0.05, 0.1) is 17.6 Å². The Labute approximate surface area is 163 Å². The highest BCUT2D eigenvalue weighted by molar-refractivity contribution is 6.35. The monoisotopic (exact) mass is 380 g/mol. The number of carbonyl (C=O) groups is 1. The van der Waals surface area contributed by atoms with Crippen molar-refractivity contribution in [3.05, 3.63) is 76.6 Å². The van der Waals surface area contributed by atoms with Gasteiger partial charge >= 0.3 is 0 Å². The number of hydrogen-bond acceptors (Lipinski definition) is 3. The molecular formula is C22H21ClN2O2. The maximum Gasteiger partial charge on any atom is 0.273 e. The Morgan fingerprint density at radius 1 is 1.19 bits per heavy atom. The van der Waals surface area contributed by atoms with Crippen molar-refractivity contribution in [1.82, 2.24) is 10.3 Å². The smallest absolute Gasteiger partial charge is 0.273 e. The van der Waals surface area contributed by atoms with Crippen LogP contribution in [-0.2, 0) is 0 Å². The predicted octanol–water partition coefficient (Wildman–Crippen LogP) is 5.42. The molecule has 0 atom stereocenters. The van der Waals surface area contributed by atoms with Gasteiger partial charge in [-0.05, 0) is 35.3 Å². The van der Waals surface area contributed by atoms with Gasteiger partial charge in [0.1, 0.15) is 11.4 Å². The minimum Gasteiger partial charge on any atom is -0.496 e. The zero-order chi connectivity index (χ0) is 19.4. The van der Waals surface area contributed by atoms with E-state index in [9.17, 15) is 4.79 Å². The predicted molar refractivity (Wildman–Crippen MR) is 110 cm³/mol. The Hall–Kier alpha value is -2.85. The number of carbonyl (C=O) groups excluding carboxylic acids is 1. The molecule has 5 heteroatoms. The lowest BCUT2D eigenvalue weighted by molar-refractivity contribution is 0.0965. The lowest BCUT2D eigenvalue weighted by Gasteiger charge is -2.09. The van der Waals surface area contributed by atoms with E-state index < -0.39 is 0 Å². The highest BCUT2D eigenvalue weighted by atomic mass is 35.5. The van der Waals surface area contributed by atoms with Gasteiger partial charge in [-0.3, -0.25) is 4.79 Å². The van der Waals surface area contributed by atoms with Gasteiger partial charge in [0.25, 0.3) is 5.91 Å². The summed E-state index contributed by atoms with van der Waals surface area (Å²) in [6, 6.07) is 15.2. The number of para-hydroxylation sites is 1. The van der Waals surface area contributed by atoms with Crippen LogP contribution in [0.5, 0.6) is 5.75 Å². The molecule has 2 aromatic carbocycles. The van der Waals surface area contributed by atoms with Crippen molar-refractivity contribution in [2.75, 3.05) is 7.11 Å². The lowest BCUT2D eigenvalue weighted by Crippen LogP contribution is -2.18. The summed E-state index contributed by atoms with van der Waals surface area (Å²) in [6.07, 6.45) is 3.45. The molecule has 0 aliphatic rings. The average Bonchev–Trinajstić information content (AvgIpc) is 2.68. The van der Waals surface area contributed by atoms with Crippen molar-refractivity contribution in [1.29, 1.82) is 0 Å². The van der Waals surface area contributed by atoms with Crippen molar-refractivity contribution in [2.24, 2.45) is 0 Å². The molecule has 0 aliphatic heterocycles. The summed E-state index contributed by atoms with van der Waals surface area (Å²) in [4.78, 5) is 16.9. The van der Waals surface area contributed by atoms with Crippen LogP contribution in [0.3, 0.4) is 0 Å². The van der Waals surface area contributed by atoms with Crippen LogP contribution in [0, 0.1) is 0 Å². The molecule has 1 amide bonds. The van der Waals surface area contributed by atoms with Crippen LogP contribution in [0.4, 0.5) is 0 Å². The highest BCUT2D eigenvalue weighted by Crippen LogP contribution is 2.29. The first kappa shape index (κ1) is 18.9. The van der Waals surface area contributed by atoms with E-state index in [1.807, 2.05) is 30.3 Å². The molecule has 0 bridgehead atoms. The number of nitrogens with one attached hydrogen (secondary N) is 1. The molecule has 3 rings (SSSR count). The van der Waals surface area contributed by atoms with Crippen LogP contribution in [0.1, 0.15) is 41.4 Å². The molecule has 0 saturated heterocycles. The summed E-state index contributed by atoms with van der Waals surface area (Å²) in [5.74, 6) is 0.717. The molecule has 1 aromatic heterocycles. The van der Waals surface area contributed by atoms with Gasteiger partial charge in [0.15, 0.2) is 0 Å². The zero-order valence-corrected chi connectivity index (χ0v) is 16.2. The van der Waals surface area contributed by atoms with Crippen molar-refractivity contribution in [3.63, 3.8) is 0 Å². The summed E-state index contributed by atoms with van der Waals surface area (Å²) in [5, 5.41) is 3.98. The SMILES string of the molecule is COc1cc(C(=O)N/C=C/c2ccc(C(C)C)cc2)nc2c(Cl)cccc12. The maximum atomic E-state index is 12.5. The molecule has 3 aromatic rings. The molecule has 1 heterocycles. The minimum absolute atomic E-state index is 0.243. The van der Waals surface area contributed by atoms with Crippen LogP contribution in [0.15, 0.2) is 54.7 Å². The first-order valence-electron chi connectivity index (χ1n) is 8.70. The zero-order valence-electron chi connectivity index (χ0n) is 15.5. The van der Waals surface area contributed by atoms with Crippen LogP contribution < -0.4 is 10.1 Å². The first-order chi connectivity index (χ1) is 13.0. The second-order valence-electron chi connectivity index (χ2n) is 6.47. The second-order valence-corrected chi connectivity index (χ2v) is 6.88. The minimum atomic E-state index is -0.329. The molecule has 0 aliphatic carbocycles. The Morgan fingerprint density at radius 3 is 2.59 bits per heavy atom. The number of methoxy groups -OCH3 is 1. The number of aromatic nitrogens is 1. The van der Waals surface area contributed by atoms with Gasteiger partial charge in [-0.15, -0.1) is 0 Å². The summed E-state index contributed by atoms with van der Waals surface area (Å²) in [6.45, 7) is 4.31. The van der Waals surface area contributed by atoms with E-state index in [4.69, 9.17) is 16.3 Å². The van der Waals surface area contributed by atoms with E-state index in [1.54, 1.807) is 25.4 Å². The van der Waals surface area contributed by atoms with Crippen LogP contribution in [0.25, 0.3) is 17.0 Å². The van der Waals surface area contributed by atoms with E-state index in [2.05, 4.69) is 36.3 Å². The number of ether oxygens (including phenoxy) is 1. The third-order valence-corrected chi connectivity index (χ3v) is 4.60. The third-order valence-electron chi connectivity index (χ3n) is 4.30. The molecule has 27 heavy (non-hydrogen) atoms. The van der Waals surface area contributed by atoms with Crippen LogP contribution in [0.2, 0.25) is 5.02 Å². The summed E-state index contributed by atoms with van der Waals surface area (Å²) >= 11 is 6.22. The van der Waals surface area contributed by atoms with Gasteiger partial charge < -0.3 is 10.1 Å². The molecule has 0 fully saturated rings. The molecule has 138 valence electrons. The molecule has 0 spiro atoms. The largest absolute Gasteiger partial charge is 0.496 e. The van der Waals surface area contributed by atoms with Gasteiger partial charge in [-0.1, -0.05) is 55.8 Å². The normalized spacial score (nSPS) is 11.3. The first-order valence-corrected chi connectivity index (χ1v) is 9.08. The second kappa shape index (κ2) is 8.23. The number of fused-ring (bicyclic) bond motifs is 1. The van der Waals surface area contributed by atoms with Crippen molar-refractivity contribution in [2.45, 2.75) is 19.8 Å². The molecule has 0 saturated carbocycles. The van der Waals surface area contributed by atoms with Crippen molar-refractivity contribution >= 4 is 34.5 Å². The number of nitrogens with zero attached hydrogens (tertiary/aromatic N) is 1. The molecule has 0 radical (unpaired) electrons. The number of benzene rings is 2. The number of pyridine rings is 1. The van der Waals surface area contributed by atoms with Crippen molar-refractivity contribution < 1.29 is 9.53 Å². The van der Waals surface area contributed by atoms with Gasteiger partial charge in [-0.2, -0.15) is 0 Å². The van der Waals surface area contributed by atoms with Gasteiger partial charge in [0.2, 0.25) is 0 Å². The number of amides is 1. The Bertz CT molecular complexity index is 995. The average molecular weight is 381 g/mol. The molecular weight excluding hydrogens is 360 g/mol. The quantitative estimate of drug-likeness (QED) is 0.642. The summed E-state index contributed by atoms with van der Waals surface area (Å²) in [7, 11) is 1.55. The van der Waals surface area contributed by atoms with E-state index in [0.29, 0.717) is 22.2 Å². The van der Waals surface area contributed by atoms with Crippen LogP contribution >= 0.6 is 11.6 Å². The van der Waals surface area contributed by atoms with Crippen LogP contribution in [-0.4, -0.2) is 18.0 Å². The van der Waals surface area contributed by atoms with Gasteiger partial charge in [-0.25, -0.2) is 4.98 Å². The molecule has 0 unspecified atom stereocenters. The maximum absolute atomic E-state index is 12.5. The fraction of sp³-hybridized carbons (Fsp3) is 0.182. The van der Waals surface area contributed by atoms with E-state index >= 15 is 0 Å². The number of hydrogen-bond donors (Lipinski definition) is 1. The van der Waals surface area contributed by atoms with Gasteiger partial charge in [0, 0.05) is 17.7 Å². The fourth-order valence-electron chi connectivity index (χ4n) is 2.75. The third kappa shape index (κ3) is 4.29. The summed E-state index contributed by atoms with van der Waals surface area (Å²) in [5.41, 5.74) is 3.07. The number of rotatable bonds is 5. The lowest BCUT2D eigenvalue weighted by atomic mass is 10.0. The van der Waals surface area contributed by atoms with E-state index in [0.717, 1.165) is 10.9 Å². The number of halogens is 1. The molecule has 1 N–H and O–H groups in total. The Morgan fingerprint density at radius 2 is 1.93 bits per heavy atom. The highest BCUT2D eigenvalue weighted by Gasteiger charge is 2.13. The Kier molecular flexibility index (Phi) is 5.77. The standard InChI is InChI=1S/C22H21ClN2O2/c1-14(2)16-9-7-15(8-10-16)11-12-24-22(26)19-13-20(27-3)17-5-4-6-18(23)21(17)25-19/h4-14H,1-3H3,(H,24,26)/b12-11+. The Balaban J connectivity index is 1.79. The topological polar surface area (TPSA) is 51.2 Å². The van der Waals surface area contributed by atoms with Crippen molar-refractivity contribution in [3.8, 4) is 5.75 Å². The fourth-order valence-corrected chi connectivity index (χ4v) is 2.96. The van der Waals surface area contributed by atoms with E-state index in [-0.39, 0.29) is 11.6 Å². The molecule has 4 nitrogen and oxygen atoms in total.